The van der Waals surface area contributed by atoms with Crippen LogP contribution in [0.1, 0.15) is 40.0 Å². The molecular formula is C22H24N2O3S. The molecule has 5 nitrogen and oxygen atoms in total. The first kappa shape index (κ1) is 19.0. The van der Waals surface area contributed by atoms with Gasteiger partial charge in [-0.15, -0.1) is 11.8 Å². The van der Waals surface area contributed by atoms with Crippen LogP contribution < -0.4 is 4.74 Å². The maximum atomic E-state index is 12.4. The highest BCUT2D eigenvalue weighted by atomic mass is 32.2. The number of carbonyl (C=O) groups excluding carboxylic acids is 2. The standard InChI is InChI=1S/C22H24N2O3S/c25-21-19-9-2-3-10-20(19)22(26)24(21)13-14-27-17-7-6-8-18(15-17)28-16-23-11-4-1-5-12-23/h2-3,6-10,15H,1,4-5,11-14,16H2. The van der Waals surface area contributed by atoms with E-state index in [0.29, 0.717) is 11.1 Å². The maximum Gasteiger partial charge on any atom is 0.261 e. The quantitative estimate of drug-likeness (QED) is 0.525. The first-order chi connectivity index (χ1) is 13.7. The Balaban J connectivity index is 1.28. The molecule has 0 saturated carbocycles. The highest BCUT2D eigenvalue weighted by Gasteiger charge is 2.34. The van der Waals surface area contributed by atoms with Crippen molar-refractivity contribution >= 4 is 23.6 Å². The van der Waals surface area contributed by atoms with Gasteiger partial charge in [-0.05, 0) is 56.3 Å². The summed E-state index contributed by atoms with van der Waals surface area (Å²) in [6, 6.07) is 14.9. The fourth-order valence-electron chi connectivity index (χ4n) is 3.61. The lowest BCUT2D eigenvalue weighted by Gasteiger charge is -2.25. The number of carbonyl (C=O) groups is 2. The second-order valence-electron chi connectivity index (χ2n) is 7.08. The van der Waals surface area contributed by atoms with Gasteiger partial charge in [0.2, 0.25) is 0 Å². The van der Waals surface area contributed by atoms with E-state index in [1.165, 1.54) is 42.1 Å². The van der Waals surface area contributed by atoms with Crippen LogP contribution in [0.2, 0.25) is 0 Å². The van der Waals surface area contributed by atoms with E-state index in [9.17, 15) is 9.59 Å². The zero-order valence-corrected chi connectivity index (χ0v) is 16.6. The molecule has 2 aromatic carbocycles. The lowest BCUT2D eigenvalue weighted by Crippen LogP contribution is -2.33. The van der Waals surface area contributed by atoms with Gasteiger partial charge in [0.05, 0.1) is 17.7 Å². The number of nitrogens with zero attached hydrogens (tertiary/aromatic N) is 2. The van der Waals surface area contributed by atoms with E-state index in [-0.39, 0.29) is 25.0 Å². The summed E-state index contributed by atoms with van der Waals surface area (Å²) in [4.78, 5) is 29.7. The number of benzene rings is 2. The van der Waals surface area contributed by atoms with Gasteiger partial charge >= 0.3 is 0 Å². The second kappa shape index (κ2) is 8.80. The molecule has 1 saturated heterocycles. The van der Waals surface area contributed by atoms with Crippen LogP contribution in [-0.4, -0.2) is 53.7 Å². The number of likely N-dealkylation sites (tertiary alicyclic amines) is 1. The summed E-state index contributed by atoms with van der Waals surface area (Å²) >= 11 is 1.82. The van der Waals surface area contributed by atoms with Crippen molar-refractivity contribution in [3.05, 3.63) is 59.7 Å². The van der Waals surface area contributed by atoms with Crippen LogP contribution in [-0.2, 0) is 0 Å². The lowest BCUT2D eigenvalue weighted by atomic mass is 10.1. The monoisotopic (exact) mass is 396 g/mol. The van der Waals surface area contributed by atoms with Crippen molar-refractivity contribution in [2.45, 2.75) is 24.2 Å². The molecule has 28 heavy (non-hydrogen) atoms. The van der Waals surface area contributed by atoms with E-state index in [4.69, 9.17) is 4.74 Å². The third-order valence-corrected chi connectivity index (χ3v) is 6.21. The Kier molecular flexibility index (Phi) is 5.98. The Morgan fingerprint density at radius 2 is 1.61 bits per heavy atom. The number of amides is 2. The Morgan fingerprint density at radius 1 is 0.893 bits per heavy atom. The Hall–Kier alpha value is -2.31. The topological polar surface area (TPSA) is 49.9 Å². The second-order valence-corrected chi connectivity index (χ2v) is 8.10. The molecule has 146 valence electrons. The van der Waals surface area contributed by atoms with Crippen LogP contribution in [0.25, 0.3) is 0 Å². The van der Waals surface area contributed by atoms with E-state index >= 15 is 0 Å². The van der Waals surface area contributed by atoms with Gasteiger partial charge < -0.3 is 4.74 Å². The molecular weight excluding hydrogens is 372 g/mol. The van der Waals surface area contributed by atoms with Crippen molar-refractivity contribution in [3.8, 4) is 5.75 Å². The van der Waals surface area contributed by atoms with Gasteiger partial charge in [0, 0.05) is 10.8 Å². The zero-order valence-electron chi connectivity index (χ0n) is 15.8. The van der Waals surface area contributed by atoms with Gasteiger partial charge in [-0.2, -0.15) is 0 Å². The third-order valence-electron chi connectivity index (χ3n) is 5.13. The van der Waals surface area contributed by atoms with Gasteiger partial charge in [-0.3, -0.25) is 19.4 Å². The first-order valence-corrected chi connectivity index (χ1v) is 10.7. The van der Waals surface area contributed by atoms with E-state index in [1.807, 2.05) is 30.0 Å². The molecule has 0 N–H and O–H groups in total. The molecule has 2 aliphatic heterocycles. The minimum Gasteiger partial charge on any atom is -0.492 e. The van der Waals surface area contributed by atoms with Crippen molar-refractivity contribution in [2.24, 2.45) is 0 Å². The van der Waals surface area contributed by atoms with Gasteiger partial charge in [0.15, 0.2) is 0 Å². The minimum absolute atomic E-state index is 0.241. The average molecular weight is 397 g/mol. The highest BCUT2D eigenvalue weighted by Crippen LogP contribution is 2.25. The predicted octanol–water partition coefficient (Wildman–Crippen LogP) is 3.90. The number of hydrogen-bond donors (Lipinski definition) is 0. The van der Waals surface area contributed by atoms with Crippen LogP contribution in [0.3, 0.4) is 0 Å². The minimum atomic E-state index is -0.241. The van der Waals surface area contributed by atoms with Crippen LogP contribution in [0.15, 0.2) is 53.4 Å². The maximum absolute atomic E-state index is 12.4. The Labute approximate surface area is 169 Å². The fourth-order valence-corrected chi connectivity index (χ4v) is 4.57. The van der Waals surface area contributed by atoms with Crippen LogP contribution >= 0.6 is 11.8 Å². The van der Waals surface area contributed by atoms with Crippen molar-refractivity contribution in [1.29, 1.82) is 0 Å². The number of rotatable bonds is 7. The summed E-state index contributed by atoms with van der Waals surface area (Å²) in [6.07, 6.45) is 3.93. The molecule has 2 aromatic rings. The van der Waals surface area contributed by atoms with Gasteiger partial charge in [0.25, 0.3) is 11.8 Å². The fraction of sp³-hybridized carbons (Fsp3) is 0.364. The summed E-state index contributed by atoms with van der Waals surface area (Å²) in [6.45, 7) is 2.90. The lowest BCUT2D eigenvalue weighted by molar-refractivity contribution is 0.0631. The molecule has 0 unspecified atom stereocenters. The van der Waals surface area contributed by atoms with Crippen molar-refractivity contribution in [2.75, 3.05) is 32.1 Å². The van der Waals surface area contributed by atoms with Crippen LogP contribution in [0.5, 0.6) is 5.75 Å². The summed E-state index contributed by atoms with van der Waals surface area (Å²) in [5.41, 5.74) is 0.951. The van der Waals surface area contributed by atoms with Crippen LogP contribution in [0, 0.1) is 0 Å². The molecule has 4 rings (SSSR count). The highest BCUT2D eigenvalue weighted by molar-refractivity contribution is 7.99. The summed E-state index contributed by atoms with van der Waals surface area (Å²) < 4.78 is 5.82. The van der Waals surface area contributed by atoms with E-state index in [0.717, 1.165) is 11.6 Å². The number of piperidine rings is 1. The summed E-state index contributed by atoms with van der Waals surface area (Å²) in [5, 5.41) is 0. The molecule has 6 heteroatoms. The molecule has 2 heterocycles. The van der Waals surface area contributed by atoms with Gasteiger partial charge in [-0.1, -0.05) is 24.6 Å². The van der Waals surface area contributed by atoms with E-state index < -0.39 is 0 Å². The Bertz CT molecular complexity index is 829. The number of thioether (sulfide) groups is 1. The molecule has 0 aromatic heterocycles. The van der Waals surface area contributed by atoms with Crippen LogP contribution in [0.4, 0.5) is 0 Å². The summed E-state index contributed by atoms with van der Waals surface area (Å²) in [5.74, 6) is 1.28. The molecule has 0 bridgehead atoms. The van der Waals surface area contributed by atoms with Crippen molar-refractivity contribution < 1.29 is 14.3 Å². The van der Waals surface area contributed by atoms with E-state index in [1.54, 1.807) is 24.3 Å². The third kappa shape index (κ3) is 4.23. The van der Waals surface area contributed by atoms with E-state index in [2.05, 4.69) is 11.0 Å². The smallest absolute Gasteiger partial charge is 0.261 e. The van der Waals surface area contributed by atoms with Gasteiger partial charge in [0.1, 0.15) is 12.4 Å². The molecule has 2 amide bonds. The predicted molar refractivity (Wildman–Crippen MR) is 110 cm³/mol. The van der Waals surface area contributed by atoms with Crippen molar-refractivity contribution in [1.82, 2.24) is 9.80 Å². The Morgan fingerprint density at radius 3 is 2.32 bits per heavy atom. The van der Waals surface area contributed by atoms with Gasteiger partial charge in [-0.25, -0.2) is 0 Å². The van der Waals surface area contributed by atoms with Crippen molar-refractivity contribution in [3.63, 3.8) is 0 Å². The number of imide groups is 1. The average Bonchev–Trinajstić information content (AvgIpc) is 2.98. The molecule has 0 radical (unpaired) electrons. The zero-order chi connectivity index (χ0) is 19.3. The summed E-state index contributed by atoms with van der Waals surface area (Å²) in [7, 11) is 0. The number of hydrogen-bond acceptors (Lipinski definition) is 5. The molecule has 0 atom stereocenters. The largest absolute Gasteiger partial charge is 0.492 e. The number of fused-ring (bicyclic) bond motifs is 1. The SMILES string of the molecule is O=C1c2ccccc2C(=O)N1CCOc1cccc(SCN2CCCCC2)c1. The molecule has 0 aliphatic carbocycles. The molecule has 2 aliphatic rings. The molecule has 0 spiro atoms. The normalized spacial score (nSPS) is 17.1. The molecule has 1 fully saturated rings. The first-order valence-electron chi connectivity index (χ1n) is 9.75. The number of ether oxygens (including phenoxy) is 1.